The van der Waals surface area contributed by atoms with E-state index < -0.39 is 0 Å². The van der Waals surface area contributed by atoms with Gasteiger partial charge in [0.2, 0.25) is 0 Å². The second kappa shape index (κ2) is 11.7. The number of halogens is 2. The number of benzene rings is 1. The smallest absolute Gasteiger partial charge is 0.193 e. The minimum Gasteiger partial charge on any atom is -0.381 e. The van der Waals surface area contributed by atoms with Crippen molar-refractivity contribution in [3.63, 3.8) is 0 Å². The van der Waals surface area contributed by atoms with E-state index in [0.29, 0.717) is 19.0 Å². The Labute approximate surface area is 174 Å². The van der Waals surface area contributed by atoms with E-state index in [1.54, 1.807) is 13.1 Å². The molecule has 1 N–H and O–H groups in total. The van der Waals surface area contributed by atoms with Crippen LogP contribution in [0.3, 0.4) is 0 Å². The van der Waals surface area contributed by atoms with Crippen molar-refractivity contribution in [2.24, 2.45) is 10.9 Å². The Bertz CT molecular complexity index is 583. The maximum atomic E-state index is 13.9. The van der Waals surface area contributed by atoms with Crippen molar-refractivity contribution in [2.45, 2.75) is 26.4 Å². The maximum Gasteiger partial charge on any atom is 0.193 e. The number of likely N-dealkylation sites (tertiary alicyclic amines) is 1. The van der Waals surface area contributed by atoms with Gasteiger partial charge in [0.1, 0.15) is 5.82 Å². The van der Waals surface area contributed by atoms with E-state index in [9.17, 15) is 4.39 Å². The zero-order valence-corrected chi connectivity index (χ0v) is 18.6. The summed E-state index contributed by atoms with van der Waals surface area (Å²) >= 11 is 0. The molecule has 0 aromatic heterocycles. The molecular weight excluding hydrogens is 446 g/mol. The van der Waals surface area contributed by atoms with Crippen LogP contribution in [0, 0.1) is 11.7 Å². The number of hydrogen-bond acceptors (Lipinski definition) is 3. The molecule has 148 valence electrons. The SMILES string of the molecule is CCOCC1CCN(C(=NC)NCc2ccc(F)c(CN(C)C)c2)C1.I. The van der Waals surface area contributed by atoms with Crippen molar-refractivity contribution in [2.75, 3.05) is 47.4 Å². The lowest BCUT2D eigenvalue weighted by molar-refractivity contribution is 0.114. The van der Waals surface area contributed by atoms with Crippen molar-refractivity contribution < 1.29 is 9.13 Å². The van der Waals surface area contributed by atoms with E-state index in [1.165, 1.54) is 0 Å². The molecule has 7 heteroatoms. The van der Waals surface area contributed by atoms with Crippen LogP contribution in [-0.2, 0) is 17.8 Å². The van der Waals surface area contributed by atoms with Crippen LogP contribution < -0.4 is 5.32 Å². The molecule has 0 bridgehead atoms. The first-order valence-corrected chi connectivity index (χ1v) is 8.98. The van der Waals surface area contributed by atoms with Crippen LogP contribution in [-0.4, -0.2) is 63.2 Å². The Balaban J connectivity index is 0.00000338. The Morgan fingerprint density at radius 2 is 2.19 bits per heavy atom. The number of hydrogen-bond donors (Lipinski definition) is 1. The second-order valence-electron chi connectivity index (χ2n) is 6.82. The molecule has 1 atom stereocenters. The van der Waals surface area contributed by atoms with Gasteiger partial charge in [-0.1, -0.05) is 6.07 Å². The highest BCUT2D eigenvalue weighted by atomic mass is 127. The number of nitrogens with zero attached hydrogens (tertiary/aromatic N) is 3. The number of ether oxygens (including phenoxy) is 1. The lowest BCUT2D eigenvalue weighted by Gasteiger charge is -2.22. The van der Waals surface area contributed by atoms with Gasteiger partial charge < -0.3 is 19.9 Å². The first-order chi connectivity index (χ1) is 12.0. The summed E-state index contributed by atoms with van der Waals surface area (Å²) in [5.41, 5.74) is 1.78. The Morgan fingerprint density at radius 3 is 2.85 bits per heavy atom. The number of nitrogens with one attached hydrogen (secondary N) is 1. The normalized spacial score (nSPS) is 17.5. The minimum absolute atomic E-state index is 0. The van der Waals surface area contributed by atoms with Crippen molar-refractivity contribution >= 4 is 29.9 Å². The highest BCUT2D eigenvalue weighted by Gasteiger charge is 2.24. The van der Waals surface area contributed by atoms with Gasteiger partial charge in [0.05, 0.1) is 6.61 Å². The molecule has 1 heterocycles. The molecule has 0 spiro atoms. The predicted molar refractivity (Wildman–Crippen MR) is 116 cm³/mol. The first-order valence-electron chi connectivity index (χ1n) is 8.98. The highest BCUT2D eigenvalue weighted by Crippen LogP contribution is 2.17. The van der Waals surface area contributed by atoms with Crippen molar-refractivity contribution in [1.29, 1.82) is 0 Å². The summed E-state index contributed by atoms with van der Waals surface area (Å²) < 4.78 is 19.4. The van der Waals surface area contributed by atoms with Gasteiger partial charge in [-0.15, -0.1) is 24.0 Å². The molecule has 0 saturated carbocycles. The lowest BCUT2D eigenvalue weighted by atomic mass is 10.1. The van der Waals surface area contributed by atoms with E-state index in [4.69, 9.17) is 4.74 Å². The summed E-state index contributed by atoms with van der Waals surface area (Å²) in [4.78, 5) is 8.64. The highest BCUT2D eigenvalue weighted by molar-refractivity contribution is 14.0. The van der Waals surface area contributed by atoms with Crippen molar-refractivity contribution in [3.05, 3.63) is 35.1 Å². The minimum atomic E-state index is -0.153. The van der Waals surface area contributed by atoms with E-state index in [1.807, 2.05) is 38.1 Å². The van der Waals surface area contributed by atoms with E-state index >= 15 is 0 Å². The molecule has 1 aromatic carbocycles. The summed E-state index contributed by atoms with van der Waals surface area (Å²) in [5, 5.41) is 3.40. The summed E-state index contributed by atoms with van der Waals surface area (Å²) in [7, 11) is 5.69. The number of rotatable bonds is 7. The van der Waals surface area contributed by atoms with Crippen LogP contribution in [0.1, 0.15) is 24.5 Å². The van der Waals surface area contributed by atoms with Gasteiger partial charge in [-0.25, -0.2) is 4.39 Å². The molecule has 5 nitrogen and oxygen atoms in total. The third-order valence-electron chi connectivity index (χ3n) is 4.40. The van der Waals surface area contributed by atoms with E-state index in [2.05, 4.69) is 15.2 Å². The maximum absolute atomic E-state index is 13.9. The van der Waals surface area contributed by atoms with Crippen LogP contribution >= 0.6 is 24.0 Å². The summed E-state index contributed by atoms with van der Waals surface area (Å²) in [6.07, 6.45) is 1.13. The molecular formula is C19H32FIN4O. The van der Waals surface area contributed by atoms with Gasteiger partial charge in [-0.2, -0.15) is 0 Å². The number of aliphatic imine (C=N–C) groups is 1. The molecule has 1 aromatic rings. The van der Waals surface area contributed by atoms with E-state index in [-0.39, 0.29) is 29.8 Å². The zero-order chi connectivity index (χ0) is 18.2. The molecule has 2 rings (SSSR count). The first kappa shape index (κ1) is 23.1. The zero-order valence-electron chi connectivity index (χ0n) is 16.3. The lowest BCUT2D eigenvalue weighted by Crippen LogP contribution is -2.39. The molecule has 1 fully saturated rings. The van der Waals surface area contributed by atoms with Crippen LogP contribution in [0.2, 0.25) is 0 Å². The Morgan fingerprint density at radius 1 is 1.42 bits per heavy atom. The predicted octanol–water partition coefficient (Wildman–Crippen LogP) is 2.94. The average molecular weight is 478 g/mol. The molecule has 1 aliphatic rings. The van der Waals surface area contributed by atoms with Crippen molar-refractivity contribution in [3.8, 4) is 0 Å². The molecule has 1 saturated heterocycles. The van der Waals surface area contributed by atoms with Crippen LogP contribution in [0.5, 0.6) is 0 Å². The Kier molecular flexibility index (Phi) is 10.4. The van der Waals surface area contributed by atoms with Gasteiger partial charge >= 0.3 is 0 Å². The monoisotopic (exact) mass is 478 g/mol. The molecule has 0 amide bonds. The van der Waals surface area contributed by atoms with Gasteiger partial charge in [0, 0.05) is 51.3 Å². The van der Waals surface area contributed by atoms with Crippen LogP contribution in [0.25, 0.3) is 0 Å². The van der Waals surface area contributed by atoms with Crippen molar-refractivity contribution in [1.82, 2.24) is 15.1 Å². The van der Waals surface area contributed by atoms with Crippen LogP contribution in [0.15, 0.2) is 23.2 Å². The summed E-state index contributed by atoms with van der Waals surface area (Å²) in [5.74, 6) is 1.31. The largest absolute Gasteiger partial charge is 0.381 e. The fraction of sp³-hybridized carbons (Fsp3) is 0.632. The van der Waals surface area contributed by atoms with Gasteiger partial charge in [0.25, 0.3) is 0 Å². The Hall–Kier alpha value is -0.930. The third-order valence-corrected chi connectivity index (χ3v) is 4.40. The molecule has 0 radical (unpaired) electrons. The molecule has 1 unspecified atom stereocenters. The fourth-order valence-electron chi connectivity index (χ4n) is 3.16. The third kappa shape index (κ3) is 7.00. The molecule has 1 aliphatic heterocycles. The average Bonchev–Trinajstić information content (AvgIpc) is 3.04. The standard InChI is InChI=1S/C19H31FN4O.HI/c1-5-25-14-16-8-9-24(12-16)19(21-2)22-11-15-6-7-18(20)17(10-15)13-23(3)4;/h6-7,10,16H,5,8-9,11-14H2,1-4H3,(H,21,22);1H. The van der Waals surface area contributed by atoms with Gasteiger partial charge in [-0.05, 0) is 45.1 Å². The fourth-order valence-corrected chi connectivity index (χ4v) is 3.16. The second-order valence-corrected chi connectivity index (χ2v) is 6.82. The summed E-state index contributed by atoms with van der Waals surface area (Å²) in [6.45, 7) is 6.81. The van der Waals surface area contributed by atoms with Gasteiger partial charge in [-0.3, -0.25) is 4.99 Å². The molecule has 26 heavy (non-hydrogen) atoms. The molecule has 0 aliphatic carbocycles. The van der Waals surface area contributed by atoms with Crippen LogP contribution in [0.4, 0.5) is 4.39 Å². The quantitative estimate of drug-likeness (QED) is 0.372. The van der Waals surface area contributed by atoms with E-state index in [0.717, 1.165) is 49.8 Å². The summed E-state index contributed by atoms with van der Waals surface area (Å²) in [6, 6.07) is 5.31. The number of guanidine groups is 1. The van der Waals surface area contributed by atoms with Gasteiger partial charge in [0.15, 0.2) is 5.96 Å². The topological polar surface area (TPSA) is 40.1 Å².